The van der Waals surface area contributed by atoms with E-state index in [4.69, 9.17) is 44.3 Å². The summed E-state index contributed by atoms with van der Waals surface area (Å²) in [6.07, 6.45) is 1.67. The molecule has 37 heavy (non-hydrogen) atoms. The highest BCUT2D eigenvalue weighted by atomic mass is 35.5. The van der Waals surface area contributed by atoms with Gasteiger partial charge in [-0.2, -0.15) is 0 Å². The normalized spacial score (nSPS) is 15.1. The average molecular weight is 577 g/mol. The number of rotatable bonds is 7. The fraction of sp³-hybridized carbons (Fsp3) is 0.115. The van der Waals surface area contributed by atoms with Crippen LogP contribution in [0.25, 0.3) is 6.08 Å². The molecule has 11 heteroatoms. The quantitative estimate of drug-likeness (QED) is 0.300. The summed E-state index contributed by atoms with van der Waals surface area (Å²) in [6.45, 7) is 1.67. The summed E-state index contributed by atoms with van der Waals surface area (Å²) < 4.78 is 11.0. The zero-order valence-corrected chi connectivity index (χ0v) is 22.7. The van der Waals surface area contributed by atoms with Gasteiger partial charge in [-0.3, -0.25) is 9.59 Å². The Morgan fingerprint density at radius 1 is 1.05 bits per heavy atom. The van der Waals surface area contributed by atoms with E-state index in [1.807, 2.05) is 31.2 Å². The van der Waals surface area contributed by atoms with Gasteiger partial charge in [-0.25, -0.2) is 4.99 Å². The Bertz CT molecular complexity index is 1430. The van der Waals surface area contributed by atoms with Gasteiger partial charge < -0.3 is 20.1 Å². The van der Waals surface area contributed by atoms with Gasteiger partial charge in [0.15, 0.2) is 23.3 Å². The fourth-order valence-corrected chi connectivity index (χ4v) is 4.65. The third kappa shape index (κ3) is 6.99. The lowest BCUT2D eigenvalue weighted by Gasteiger charge is -2.13. The maximum Gasteiger partial charge on any atom is 0.264 e. The molecule has 1 fully saturated rings. The van der Waals surface area contributed by atoms with Crippen molar-refractivity contribution in [3.63, 3.8) is 0 Å². The third-order valence-electron chi connectivity index (χ3n) is 5.02. The first kappa shape index (κ1) is 26.9. The molecule has 0 spiro atoms. The molecule has 0 atom stereocenters. The fourth-order valence-electron chi connectivity index (χ4n) is 3.24. The second-order valence-corrected chi connectivity index (χ2v) is 10.1. The molecule has 4 rings (SSSR count). The number of benzene rings is 3. The summed E-state index contributed by atoms with van der Waals surface area (Å²) in [6, 6.07) is 15.7. The van der Waals surface area contributed by atoms with Crippen LogP contribution in [0.2, 0.25) is 15.1 Å². The van der Waals surface area contributed by atoms with Crippen LogP contribution in [0.15, 0.2) is 64.5 Å². The Hall–Kier alpha value is -3.17. The van der Waals surface area contributed by atoms with Crippen LogP contribution in [0, 0.1) is 6.92 Å². The maximum absolute atomic E-state index is 12.5. The highest BCUT2D eigenvalue weighted by Gasteiger charge is 2.24. The summed E-state index contributed by atoms with van der Waals surface area (Å²) >= 11 is 19.5. The zero-order valence-electron chi connectivity index (χ0n) is 19.6. The van der Waals surface area contributed by atoms with Crippen molar-refractivity contribution >= 4 is 81.0 Å². The van der Waals surface area contributed by atoms with Gasteiger partial charge in [0.1, 0.15) is 0 Å². The molecule has 3 aromatic carbocycles. The number of nitrogens with one attached hydrogen (secondary N) is 2. The van der Waals surface area contributed by atoms with E-state index in [2.05, 4.69) is 15.6 Å². The minimum Gasteiger partial charge on any atom is -0.493 e. The van der Waals surface area contributed by atoms with Gasteiger partial charge in [0, 0.05) is 5.69 Å². The molecular formula is C26H20Cl3N3O4S. The van der Waals surface area contributed by atoms with E-state index in [0.717, 1.165) is 11.3 Å². The van der Waals surface area contributed by atoms with Crippen molar-refractivity contribution in [1.82, 2.24) is 5.32 Å². The molecular weight excluding hydrogens is 557 g/mol. The SMILES string of the molecule is COc1cc(/C=C2/SC(=Nc3ccc(C)cc3)NC2=O)cc(Cl)c1OCC(=O)Nc1ccc(Cl)c(Cl)c1. The first-order chi connectivity index (χ1) is 17.7. The van der Waals surface area contributed by atoms with Crippen LogP contribution in [0.3, 0.4) is 0 Å². The van der Waals surface area contributed by atoms with Crippen LogP contribution in [0.1, 0.15) is 11.1 Å². The topological polar surface area (TPSA) is 89.0 Å². The number of aryl methyl sites for hydroxylation is 1. The molecule has 2 N–H and O–H groups in total. The van der Waals surface area contributed by atoms with Crippen molar-refractivity contribution in [2.75, 3.05) is 19.0 Å². The highest BCUT2D eigenvalue weighted by Crippen LogP contribution is 2.38. The second-order valence-electron chi connectivity index (χ2n) is 7.82. The molecule has 0 unspecified atom stereocenters. The van der Waals surface area contributed by atoms with Crippen molar-refractivity contribution in [3.05, 3.63) is 85.7 Å². The van der Waals surface area contributed by atoms with Crippen LogP contribution < -0.4 is 20.1 Å². The van der Waals surface area contributed by atoms with E-state index < -0.39 is 5.91 Å². The van der Waals surface area contributed by atoms with Crippen molar-refractivity contribution < 1.29 is 19.1 Å². The Kier molecular flexibility index (Phi) is 8.66. The number of anilines is 1. The van der Waals surface area contributed by atoms with E-state index in [1.165, 1.54) is 24.9 Å². The van der Waals surface area contributed by atoms with Crippen LogP contribution in [-0.2, 0) is 9.59 Å². The second kappa shape index (κ2) is 11.9. The molecule has 0 saturated carbocycles. The molecule has 7 nitrogen and oxygen atoms in total. The number of hydrogen-bond acceptors (Lipinski definition) is 6. The smallest absolute Gasteiger partial charge is 0.264 e. The number of halogens is 3. The molecule has 1 aliphatic heterocycles. The van der Waals surface area contributed by atoms with Gasteiger partial charge in [0.2, 0.25) is 0 Å². The Balaban J connectivity index is 1.45. The molecule has 2 amide bonds. The lowest BCUT2D eigenvalue weighted by molar-refractivity contribution is -0.118. The van der Waals surface area contributed by atoms with Crippen molar-refractivity contribution in [2.24, 2.45) is 4.99 Å². The van der Waals surface area contributed by atoms with Gasteiger partial charge in [-0.05, 0) is 72.8 Å². The van der Waals surface area contributed by atoms with E-state index in [9.17, 15) is 9.59 Å². The summed E-state index contributed by atoms with van der Waals surface area (Å²) in [5.41, 5.74) is 2.95. The Morgan fingerprint density at radius 2 is 1.81 bits per heavy atom. The molecule has 1 saturated heterocycles. The molecule has 0 aliphatic carbocycles. The number of carbonyl (C=O) groups excluding carboxylic acids is 2. The van der Waals surface area contributed by atoms with Crippen molar-refractivity contribution in [2.45, 2.75) is 6.92 Å². The number of hydrogen-bond donors (Lipinski definition) is 2. The van der Waals surface area contributed by atoms with Crippen LogP contribution in [0.5, 0.6) is 11.5 Å². The van der Waals surface area contributed by atoms with Crippen LogP contribution in [-0.4, -0.2) is 30.7 Å². The highest BCUT2D eigenvalue weighted by molar-refractivity contribution is 8.18. The molecule has 0 radical (unpaired) electrons. The van der Waals surface area contributed by atoms with Crippen molar-refractivity contribution in [3.8, 4) is 11.5 Å². The van der Waals surface area contributed by atoms with Gasteiger partial charge >= 0.3 is 0 Å². The van der Waals surface area contributed by atoms with Crippen LogP contribution in [0.4, 0.5) is 11.4 Å². The zero-order chi connectivity index (χ0) is 26.5. The van der Waals surface area contributed by atoms with Crippen molar-refractivity contribution in [1.29, 1.82) is 0 Å². The summed E-state index contributed by atoms with van der Waals surface area (Å²) in [7, 11) is 1.45. The Morgan fingerprint density at radius 3 is 2.51 bits per heavy atom. The number of ether oxygens (including phenoxy) is 2. The first-order valence-electron chi connectivity index (χ1n) is 10.8. The van der Waals surface area contributed by atoms with Gasteiger partial charge in [0.25, 0.3) is 11.8 Å². The molecule has 190 valence electrons. The van der Waals surface area contributed by atoms with Gasteiger partial charge in [-0.15, -0.1) is 0 Å². The first-order valence-corrected chi connectivity index (χ1v) is 12.8. The molecule has 0 aromatic heterocycles. The average Bonchev–Trinajstić information content (AvgIpc) is 3.20. The lowest BCUT2D eigenvalue weighted by atomic mass is 10.2. The number of methoxy groups -OCH3 is 1. The Labute approximate surface area is 232 Å². The maximum atomic E-state index is 12.5. The van der Waals surface area contributed by atoms with E-state index >= 15 is 0 Å². The monoisotopic (exact) mass is 575 g/mol. The number of amides is 2. The standard InChI is InChI=1S/C26H20Cl3N3O4S/c1-14-3-5-16(6-4-14)31-26-32-25(34)22(37-26)11-15-9-20(29)24(21(10-15)35-2)36-13-23(33)30-17-7-8-18(27)19(28)12-17/h3-12H,13H2,1-2H3,(H,30,33)(H,31,32,34)/b22-11+. The lowest BCUT2D eigenvalue weighted by Crippen LogP contribution is -2.20. The summed E-state index contributed by atoms with van der Waals surface area (Å²) in [5.74, 6) is -0.202. The van der Waals surface area contributed by atoms with E-state index in [0.29, 0.717) is 37.1 Å². The molecule has 3 aromatic rings. The summed E-state index contributed by atoms with van der Waals surface area (Å²) in [4.78, 5) is 29.7. The summed E-state index contributed by atoms with van der Waals surface area (Å²) in [5, 5.41) is 6.81. The number of carbonyl (C=O) groups is 2. The van der Waals surface area contributed by atoms with Gasteiger partial charge in [0.05, 0.1) is 32.8 Å². The number of nitrogens with zero attached hydrogens (tertiary/aromatic N) is 1. The molecule has 0 bridgehead atoms. The predicted octanol–water partition coefficient (Wildman–Crippen LogP) is 6.87. The van der Waals surface area contributed by atoms with E-state index in [-0.39, 0.29) is 23.3 Å². The third-order valence-corrected chi connectivity index (χ3v) is 6.95. The largest absolute Gasteiger partial charge is 0.493 e. The minimum atomic E-state index is -0.429. The number of amidine groups is 1. The number of thioether (sulfide) groups is 1. The minimum absolute atomic E-state index is 0.195. The van der Waals surface area contributed by atoms with Crippen LogP contribution >= 0.6 is 46.6 Å². The predicted molar refractivity (Wildman–Crippen MR) is 151 cm³/mol. The molecule has 1 heterocycles. The molecule has 1 aliphatic rings. The number of aliphatic imine (C=N–C) groups is 1. The van der Waals surface area contributed by atoms with Gasteiger partial charge in [-0.1, -0.05) is 52.5 Å². The van der Waals surface area contributed by atoms with E-state index in [1.54, 1.807) is 30.3 Å².